The monoisotopic (exact) mass is 307 g/mol. The zero-order chi connectivity index (χ0) is 14.8. The standard InChI is InChI=1S/C10H13NO6S2/c1-17-10(12)8-5-4-6-9(7-8)11(18(2,13)14)19(3,15)16/h4-7H,1-3H3. The van der Waals surface area contributed by atoms with Crippen LogP contribution in [0.2, 0.25) is 0 Å². The van der Waals surface area contributed by atoms with Crippen LogP contribution in [0, 0.1) is 0 Å². The van der Waals surface area contributed by atoms with Crippen molar-refractivity contribution in [3.05, 3.63) is 29.8 Å². The Morgan fingerprint density at radius 1 is 1.11 bits per heavy atom. The lowest BCUT2D eigenvalue weighted by atomic mass is 10.2. The number of hydrogen-bond donors (Lipinski definition) is 0. The summed E-state index contributed by atoms with van der Waals surface area (Å²) in [5.74, 6) is -0.691. The SMILES string of the molecule is COC(=O)c1cccc(N(S(C)(=O)=O)S(C)(=O)=O)c1. The van der Waals surface area contributed by atoms with Crippen LogP contribution in [0.15, 0.2) is 24.3 Å². The normalized spacial score (nSPS) is 11.9. The molecule has 0 atom stereocenters. The Hall–Kier alpha value is -1.61. The highest BCUT2D eigenvalue weighted by Crippen LogP contribution is 2.22. The Kier molecular flexibility index (Phi) is 4.21. The van der Waals surface area contributed by atoms with Gasteiger partial charge in [-0.05, 0) is 18.2 Å². The third kappa shape index (κ3) is 3.67. The van der Waals surface area contributed by atoms with E-state index in [1.54, 1.807) is 0 Å². The fraction of sp³-hybridized carbons (Fsp3) is 0.300. The zero-order valence-electron chi connectivity index (χ0n) is 10.5. The molecule has 0 amide bonds. The number of benzene rings is 1. The van der Waals surface area contributed by atoms with Gasteiger partial charge in [-0.25, -0.2) is 21.6 Å². The lowest BCUT2D eigenvalue weighted by molar-refractivity contribution is 0.0600. The molecule has 0 spiro atoms. The predicted octanol–water partition coefficient (Wildman–Crippen LogP) is 0.199. The van der Waals surface area contributed by atoms with Crippen molar-refractivity contribution in [2.24, 2.45) is 0 Å². The molecule has 0 aromatic heterocycles. The zero-order valence-corrected chi connectivity index (χ0v) is 12.2. The number of carbonyl (C=O) groups excluding carboxylic acids is 1. The van der Waals surface area contributed by atoms with Crippen LogP contribution in [-0.4, -0.2) is 42.4 Å². The minimum Gasteiger partial charge on any atom is -0.465 e. The van der Waals surface area contributed by atoms with E-state index in [-0.39, 0.29) is 15.0 Å². The summed E-state index contributed by atoms with van der Waals surface area (Å²) in [5.41, 5.74) is -0.0924. The number of carbonyl (C=O) groups is 1. The van der Waals surface area contributed by atoms with E-state index in [0.29, 0.717) is 0 Å². The first kappa shape index (κ1) is 15.4. The van der Waals surface area contributed by atoms with E-state index in [0.717, 1.165) is 18.6 Å². The summed E-state index contributed by atoms with van der Waals surface area (Å²) >= 11 is 0. The summed E-state index contributed by atoms with van der Waals surface area (Å²) in [6.07, 6.45) is 1.53. The molecule has 0 aliphatic rings. The van der Waals surface area contributed by atoms with Gasteiger partial charge in [-0.15, -0.1) is 0 Å². The molecule has 1 rings (SSSR count). The first-order valence-electron chi connectivity index (χ1n) is 4.96. The topological polar surface area (TPSA) is 97.8 Å². The van der Waals surface area contributed by atoms with Gasteiger partial charge in [0.15, 0.2) is 0 Å². The van der Waals surface area contributed by atoms with Gasteiger partial charge in [0.25, 0.3) is 0 Å². The van der Waals surface area contributed by atoms with Gasteiger partial charge >= 0.3 is 5.97 Å². The lowest BCUT2D eigenvalue weighted by Gasteiger charge is -2.19. The number of hydrogen-bond acceptors (Lipinski definition) is 6. The maximum atomic E-state index is 11.6. The minimum absolute atomic E-state index is 0.0531. The summed E-state index contributed by atoms with van der Waals surface area (Å²) in [4.78, 5) is 11.3. The van der Waals surface area contributed by atoms with Crippen molar-refractivity contribution in [1.82, 2.24) is 0 Å². The van der Waals surface area contributed by atoms with Crippen LogP contribution in [0.4, 0.5) is 5.69 Å². The molecule has 0 saturated heterocycles. The maximum absolute atomic E-state index is 11.6. The van der Waals surface area contributed by atoms with Crippen molar-refractivity contribution in [3.63, 3.8) is 0 Å². The molecule has 0 heterocycles. The second-order valence-electron chi connectivity index (χ2n) is 3.77. The molecule has 19 heavy (non-hydrogen) atoms. The molecule has 0 fully saturated rings. The highest BCUT2D eigenvalue weighted by Gasteiger charge is 2.27. The summed E-state index contributed by atoms with van der Waals surface area (Å²) in [6, 6.07) is 5.16. The number of methoxy groups -OCH3 is 1. The number of anilines is 1. The second-order valence-corrected chi connectivity index (χ2v) is 7.66. The van der Waals surface area contributed by atoms with Crippen molar-refractivity contribution in [2.45, 2.75) is 0 Å². The maximum Gasteiger partial charge on any atom is 0.337 e. The summed E-state index contributed by atoms with van der Waals surface area (Å²) in [7, 11) is -6.90. The Morgan fingerprint density at radius 3 is 2.05 bits per heavy atom. The molecule has 7 nitrogen and oxygen atoms in total. The number of rotatable bonds is 4. The van der Waals surface area contributed by atoms with E-state index in [1.165, 1.54) is 25.3 Å². The van der Waals surface area contributed by atoms with E-state index in [2.05, 4.69) is 4.74 Å². The Labute approximate surface area is 111 Å². The van der Waals surface area contributed by atoms with Crippen LogP contribution in [0.5, 0.6) is 0 Å². The third-order valence-electron chi connectivity index (χ3n) is 2.08. The van der Waals surface area contributed by atoms with Gasteiger partial charge in [0, 0.05) is 0 Å². The average Bonchev–Trinajstić information content (AvgIpc) is 2.24. The van der Waals surface area contributed by atoms with Crippen molar-refractivity contribution in [1.29, 1.82) is 0 Å². The quantitative estimate of drug-likeness (QED) is 0.737. The lowest BCUT2D eigenvalue weighted by Crippen LogP contribution is -2.35. The highest BCUT2D eigenvalue weighted by atomic mass is 32.3. The van der Waals surface area contributed by atoms with Crippen molar-refractivity contribution >= 4 is 31.7 Å². The highest BCUT2D eigenvalue weighted by molar-refractivity contribution is 8.09. The molecular weight excluding hydrogens is 294 g/mol. The van der Waals surface area contributed by atoms with Crippen molar-refractivity contribution < 1.29 is 26.4 Å². The van der Waals surface area contributed by atoms with Gasteiger partial charge in [0.1, 0.15) is 0 Å². The summed E-state index contributed by atoms with van der Waals surface area (Å²) in [6.45, 7) is 0. The molecule has 0 aliphatic carbocycles. The predicted molar refractivity (Wildman–Crippen MR) is 69.9 cm³/mol. The van der Waals surface area contributed by atoms with Crippen LogP contribution in [0.1, 0.15) is 10.4 Å². The summed E-state index contributed by atoms with van der Waals surface area (Å²) < 4.78 is 51.0. The van der Waals surface area contributed by atoms with Crippen LogP contribution >= 0.6 is 0 Å². The van der Waals surface area contributed by atoms with Crippen molar-refractivity contribution in [2.75, 3.05) is 23.3 Å². The fourth-order valence-electron chi connectivity index (χ4n) is 1.49. The molecule has 1 aromatic carbocycles. The molecule has 106 valence electrons. The van der Waals surface area contributed by atoms with Gasteiger partial charge < -0.3 is 4.74 Å². The number of esters is 1. The molecule has 9 heteroatoms. The van der Waals surface area contributed by atoms with Gasteiger partial charge in [-0.2, -0.15) is 3.71 Å². The first-order valence-corrected chi connectivity index (χ1v) is 8.66. The molecular formula is C10H13NO6S2. The molecule has 0 aliphatic heterocycles. The number of sulfonamides is 2. The Bertz CT molecular complexity index is 660. The van der Waals surface area contributed by atoms with E-state index < -0.39 is 26.0 Å². The summed E-state index contributed by atoms with van der Waals surface area (Å²) in [5, 5.41) is 0. The number of ether oxygens (including phenoxy) is 1. The Morgan fingerprint density at radius 2 is 1.63 bits per heavy atom. The molecule has 0 N–H and O–H groups in total. The molecule has 0 saturated carbocycles. The van der Waals surface area contributed by atoms with Gasteiger partial charge in [-0.3, -0.25) is 0 Å². The third-order valence-corrected chi connectivity index (χ3v) is 5.33. The minimum atomic E-state index is -4.03. The molecule has 0 unspecified atom stereocenters. The van der Waals surface area contributed by atoms with Crippen LogP contribution < -0.4 is 3.71 Å². The molecule has 0 radical (unpaired) electrons. The van der Waals surface area contributed by atoms with E-state index in [4.69, 9.17) is 0 Å². The number of nitrogens with zero attached hydrogens (tertiary/aromatic N) is 1. The van der Waals surface area contributed by atoms with Gasteiger partial charge in [0.05, 0.1) is 30.9 Å². The second kappa shape index (κ2) is 5.17. The van der Waals surface area contributed by atoms with E-state index in [1.807, 2.05) is 0 Å². The van der Waals surface area contributed by atoms with E-state index in [9.17, 15) is 21.6 Å². The van der Waals surface area contributed by atoms with E-state index >= 15 is 0 Å². The van der Waals surface area contributed by atoms with Gasteiger partial charge in [0.2, 0.25) is 20.0 Å². The first-order chi connectivity index (χ1) is 8.57. The molecule has 1 aromatic rings. The molecule has 0 bridgehead atoms. The average molecular weight is 307 g/mol. The fourth-order valence-corrected chi connectivity index (χ4v) is 4.45. The van der Waals surface area contributed by atoms with Crippen LogP contribution in [-0.2, 0) is 24.8 Å². The Balaban J connectivity index is 3.46. The smallest absolute Gasteiger partial charge is 0.337 e. The van der Waals surface area contributed by atoms with Gasteiger partial charge in [-0.1, -0.05) is 6.07 Å². The largest absolute Gasteiger partial charge is 0.465 e. The van der Waals surface area contributed by atoms with Crippen molar-refractivity contribution in [3.8, 4) is 0 Å². The van der Waals surface area contributed by atoms with Crippen LogP contribution in [0.25, 0.3) is 0 Å². The van der Waals surface area contributed by atoms with Crippen LogP contribution in [0.3, 0.4) is 0 Å².